The molecule has 82 valence electrons. The van der Waals surface area contributed by atoms with Gasteiger partial charge in [0.25, 0.3) is 5.24 Å². The van der Waals surface area contributed by atoms with Crippen LogP contribution in [0.4, 0.5) is 13.2 Å². The predicted molar refractivity (Wildman–Crippen MR) is 46.1 cm³/mol. The van der Waals surface area contributed by atoms with E-state index in [-0.39, 0.29) is 5.56 Å². The topological polar surface area (TPSA) is 39.2 Å². The molecule has 15 heavy (non-hydrogen) atoms. The molecule has 1 rings (SSSR count). The van der Waals surface area contributed by atoms with Gasteiger partial charge in [-0.2, -0.15) is 0 Å². The van der Waals surface area contributed by atoms with E-state index >= 15 is 0 Å². The Morgan fingerprint density at radius 3 is 2.53 bits per heavy atom. The van der Waals surface area contributed by atoms with Crippen molar-refractivity contribution in [3.05, 3.63) is 23.0 Å². The fourth-order valence-corrected chi connectivity index (χ4v) is 0.977. The molecule has 0 saturated heterocycles. The van der Waals surface area contributed by atoms with Crippen LogP contribution in [0.15, 0.2) is 12.3 Å². The minimum Gasteiger partial charge on any atom is -0.402 e. The Morgan fingerprint density at radius 2 is 2.07 bits per heavy atom. The molecule has 0 unspecified atom stereocenters. The van der Waals surface area contributed by atoms with Crippen LogP contribution >= 0.6 is 23.2 Å². The fraction of sp³-hybridized carbons (Fsp3) is 0.143. The van der Waals surface area contributed by atoms with Crippen LogP contribution in [0.5, 0.6) is 5.75 Å². The SMILES string of the molecule is O=C(Cl)c1cnc(Cl)c(OC(F)(F)F)c1. The third-order valence-corrected chi connectivity index (χ3v) is 1.76. The van der Waals surface area contributed by atoms with Crippen molar-refractivity contribution in [3.8, 4) is 5.75 Å². The minimum absolute atomic E-state index is 0.236. The first-order valence-electron chi connectivity index (χ1n) is 3.41. The summed E-state index contributed by atoms with van der Waals surface area (Å²) < 4.78 is 39.0. The van der Waals surface area contributed by atoms with E-state index in [2.05, 4.69) is 9.72 Å². The number of carbonyl (C=O) groups excluding carboxylic acids is 1. The Hall–Kier alpha value is -1.01. The van der Waals surface area contributed by atoms with Crippen LogP contribution < -0.4 is 4.74 Å². The lowest BCUT2D eigenvalue weighted by molar-refractivity contribution is -0.274. The van der Waals surface area contributed by atoms with Crippen LogP contribution in [0.25, 0.3) is 0 Å². The van der Waals surface area contributed by atoms with Gasteiger partial charge in [-0.05, 0) is 17.7 Å². The maximum absolute atomic E-state index is 11.8. The largest absolute Gasteiger partial charge is 0.573 e. The molecule has 0 amide bonds. The second-order valence-electron chi connectivity index (χ2n) is 2.33. The first-order valence-corrected chi connectivity index (χ1v) is 4.16. The molecule has 0 radical (unpaired) electrons. The Morgan fingerprint density at radius 1 is 1.47 bits per heavy atom. The number of pyridine rings is 1. The zero-order chi connectivity index (χ0) is 11.6. The number of hydrogen-bond donors (Lipinski definition) is 0. The van der Waals surface area contributed by atoms with Gasteiger partial charge in [0.1, 0.15) is 0 Å². The molecule has 0 aliphatic rings. The standard InChI is InChI=1S/C7H2Cl2F3NO2/c8-5-4(15-7(10,11)12)1-3(2-13-5)6(9)14/h1-2H. The van der Waals surface area contributed by atoms with E-state index in [1.54, 1.807) is 0 Å². The third-order valence-electron chi connectivity index (χ3n) is 1.26. The van der Waals surface area contributed by atoms with Gasteiger partial charge in [-0.1, -0.05) is 11.6 Å². The van der Waals surface area contributed by atoms with Gasteiger partial charge < -0.3 is 4.74 Å². The maximum Gasteiger partial charge on any atom is 0.573 e. The van der Waals surface area contributed by atoms with Crippen molar-refractivity contribution < 1.29 is 22.7 Å². The van der Waals surface area contributed by atoms with Crippen LogP contribution in [0.1, 0.15) is 10.4 Å². The lowest BCUT2D eigenvalue weighted by Crippen LogP contribution is -2.17. The number of rotatable bonds is 2. The molecule has 0 aliphatic carbocycles. The molecule has 0 aromatic carbocycles. The molecular weight excluding hydrogens is 258 g/mol. The van der Waals surface area contributed by atoms with E-state index in [9.17, 15) is 18.0 Å². The lowest BCUT2D eigenvalue weighted by Gasteiger charge is -2.09. The second kappa shape index (κ2) is 4.24. The summed E-state index contributed by atoms with van der Waals surface area (Å²) in [4.78, 5) is 13.9. The average Bonchev–Trinajstić information content (AvgIpc) is 2.06. The third kappa shape index (κ3) is 3.56. The molecule has 0 spiro atoms. The number of hydrogen-bond acceptors (Lipinski definition) is 3. The molecule has 1 aromatic heterocycles. The molecule has 1 heterocycles. The molecule has 0 saturated carbocycles. The highest BCUT2D eigenvalue weighted by Crippen LogP contribution is 2.29. The van der Waals surface area contributed by atoms with Crippen molar-refractivity contribution in [2.75, 3.05) is 0 Å². The van der Waals surface area contributed by atoms with Gasteiger partial charge in [-0.15, -0.1) is 13.2 Å². The van der Waals surface area contributed by atoms with E-state index in [0.29, 0.717) is 0 Å². The summed E-state index contributed by atoms with van der Waals surface area (Å²) in [6, 6.07) is 0.762. The Kier molecular flexibility index (Phi) is 3.41. The smallest absolute Gasteiger partial charge is 0.402 e. The highest BCUT2D eigenvalue weighted by molar-refractivity contribution is 6.67. The zero-order valence-electron chi connectivity index (χ0n) is 6.81. The summed E-state index contributed by atoms with van der Waals surface area (Å²) >= 11 is 10.4. The molecule has 0 atom stereocenters. The number of halogens is 5. The van der Waals surface area contributed by atoms with Crippen molar-refractivity contribution >= 4 is 28.4 Å². The molecule has 8 heteroatoms. The van der Waals surface area contributed by atoms with E-state index in [0.717, 1.165) is 12.3 Å². The molecule has 0 aliphatic heterocycles. The highest BCUT2D eigenvalue weighted by atomic mass is 35.5. The van der Waals surface area contributed by atoms with E-state index in [1.807, 2.05) is 0 Å². The van der Waals surface area contributed by atoms with Gasteiger partial charge in [-0.25, -0.2) is 4.98 Å². The maximum atomic E-state index is 11.8. The van der Waals surface area contributed by atoms with Gasteiger partial charge in [0.15, 0.2) is 10.9 Å². The normalized spacial score (nSPS) is 11.3. The molecule has 0 fully saturated rings. The Balaban J connectivity index is 3.06. The number of alkyl halides is 3. The van der Waals surface area contributed by atoms with Crippen LogP contribution in [0.2, 0.25) is 5.15 Å². The highest BCUT2D eigenvalue weighted by Gasteiger charge is 2.32. The quantitative estimate of drug-likeness (QED) is 0.606. The van der Waals surface area contributed by atoms with Gasteiger partial charge in [0.05, 0.1) is 5.56 Å². The fourth-order valence-electron chi connectivity index (χ4n) is 0.732. The molecular formula is C7H2Cl2F3NO2. The minimum atomic E-state index is -4.90. The summed E-state index contributed by atoms with van der Waals surface area (Å²) in [6.45, 7) is 0. The van der Waals surface area contributed by atoms with Crippen LogP contribution in [-0.2, 0) is 0 Å². The monoisotopic (exact) mass is 259 g/mol. The summed E-state index contributed by atoms with van der Waals surface area (Å²) in [5.41, 5.74) is -0.236. The molecule has 0 N–H and O–H groups in total. The predicted octanol–water partition coefficient (Wildman–Crippen LogP) is 3.01. The molecule has 0 bridgehead atoms. The number of carbonyl (C=O) groups is 1. The second-order valence-corrected chi connectivity index (χ2v) is 3.04. The summed E-state index contributed by atoms with van der Waals surface area (Å²) in [7, 11) is 0. The average molecular weight is 260 g/mol. The Labute approximate surface area is 91.8 Å². The van der Waals surface area contributed by atoms with Crippen molar-refractivity contribution in [1.29, 1.82) is 0 Å². The molecule has 3 nitrogen and oxygen atoms in total. The van der Waals surface area contributed by atoms with Crippen LogP contribution in [0.3, 0.4) is 0 Å². The Bertz CT molecular complexity index is 394. The zero-order valence-corrected chi connectivity index (χ0v) is 8.32. The van der Waals surface area contributed by atoms with Gasteiger partial charge in [0, 0.05) is 6.20 Å². The van der Waals surface area contributed by atoms with Crippen molar-refractivity contribution in [2.24, 2.45) is 0 Å². The van der Waals surface area contributed by atoms with E-state index in [4.69, 9.17) is 23.2 Å². The molecule has 1 aromatic rings. The number of ether oxygens (including phenoxy) is 1. The van der Waals surface area contributed by atoms with Crippen molar-refractivity contribution in [3.63, 3.8) is 0 Å². The number of nitrogens with zero attached hydrogens (tertiary/aromatic N) is 1. The number of aromatic nitrogens is 1. The van der Waals surface area contributed by atoms with Crippen molar-refractivity contribution in [1.82, 2.24) is 4.98 Å². The first-order chi connectivity index (χ1) is 6.79. The summed E-state index contributed by atoms with van der Waals surface area (Å²) in [6.07, 6.45) is -3.96. The van der Waals surface area contributed by atoms with Gasteiger partial charge in [0.2, 0.25) is 0 Å². The van der Waals surface area contributed by atoms with Crippen molar-refractivity contribution in [2.45, 2.75) is 6.36 Å². The summed E-state index contributed by atoms with van der Waals surface area (Å²) in [5, 5.41) is -1.46. The van der Waals surface area contributed by atoms with Gasteiger partial charge >= 0.3 is 6.36 Å². The van der Waals surface area contributed by atoms with Crippen LogP contribution in [0, 0.1) is 0 Å². The van der Waals surface area contributed by atoms with E-state index in [1.165, 1.54) is 0 Å². The lowest BCUT2D eigenvalue weighted by atomic mass is 10.3. The van der Waals surface area contributed by atoms with E-state index < -0.39 is 22.5 Å². The van der Waals surface area contributed by atoms with Crippen LogP contribution in [-0.4, -0.2) is 16.6 Å². The van der Waals surface area contributed by atoms with Gasteiger partial charge in [-0.3, -0.25) is 4.79 Å². The first kappa shape index (κ1) is 12.1. The summed E-state index contributed by atoms with van der Waals surface area (Å²) in [5.74, 6) is -0.768.